The summed E-state index contributed by atoms with van der Waals surface area (Å²) in [4.78, 5) is 0. The van der Waals surface area contributed by atoms with E-state index in [9.17, 15) is 8.42 Å². The Morgan fingerprint density at radius 3 is 2.36 bits per heavy atom. The largest absolute Gasteiger partial charge is 0.490 e. The third-order valence-electron chi connectivity index (χ3n) is 2.91. The molecule has 0 saturated heterocycles. The van der Waals surface area contributed by atoms with Gasteiger partial charge in [0.15, 0.2) is 11.5 Å². The average molecular weight is 341 g/mol. The molecule has 0 aliphatic carbocycles. The highest BCUT2D eigenvalue weighted by atomic mass is 35.7. The highest BCUT2D eigenvalue weighted by molar-refractivity contribution is 8.13. The third kappa shape index (κ3) is 4.93. The summed E-state index contributed by atoms with van der Waals surface area (Å²) in [7, 11) is 1.68. The maximum atomic E-state index is 11.4. The molecule has 0 aromatic heterocycles. The Kier molecular flexibility index (Phi) is 5.69. The lowest BCUT2D eigenvalue weighted by atomic mass is 10.2. The van der Waals surface area contributed by atoms with Crippen LogP contribution in [0.15, 0.2) is 48.5 Å². The number of benzene rings is 2. The first-order valence-corrected chi connectivity index (χ1v) is 9.31. The van der Waals surface area contributed by atoms with Gasteiger partial charge in [-0.15, -0.1) is 0 Å². The second kappa shape index (κ2) is 7.51. The minimum Gasteiger partial charge on any atom is -0.490 e. The molecule has 0 fully saturated rings. The predicted molar refractivity (Wildman–Crippen MR) is 86.9 cm³/mol. The van der Waals surface area contributed by atoms with Crippen molar-refractivity contribution < 1.29 is 17.9 Å². The molecular formula is C16H17ClO4S. The summed E-state index contributed by atoms with van der Waals surface area (Å²) < 4.78 is 34.1. The van der Waals surface area contributed by atoms with Crippen LogP contribution in [0.3, 0.4) is 0 Å². The zero-order chi connectivity index (χ0) is 16.0. The Morgan fingerprint density at radius 2 is 1.73 bits per heavy atom. The van der Waals surface area contributed by atoms with Gasteiger partial charge in [-0.1, -0.05) is 42.5 Å². The molecule has 22 heavy (non-hydrogen) atoms. The van der Waals surface area contributed by atoms with E-state index in [1.165, 1.54) is 0 Å². The Hall–Kier alpha value is -1.72. The standard InChI is InChI=1S/C16H17ClO4S/c1-2-20-15-10-6-9-14(12-22(17,18)19)16(15)21-11-13-7-4-3-5-8-13/h3-10H,2,11-12H2,1H3. The van der Waals surface area contributed by atoms with Crippen molar-refractivity contribution in [3.05, 3.63) is 59.7 Å². The smallest absolute Gasteiger partial charge is 0.236 e. The van der Waals surface area contributed by atoms with Gasteiger partial charge in [-0.2, -0.15) is 0 Å². The van der Waals surface area contributed by atoms with Crippen LogP contribution in [0.25, 0.3) is 0 Å². The summed E-state index contributed by atoms with van der Waals surface area (Å²) in [5, 5.41) is 0. The van der Waals surface area contributed by atoms with Crippen molar-refractivity contribution in [1.82, 2.24) is 0 Å². The Labute approximate surface area is 135 Å². The van der Waals surface area contributed by atoms with Crippen molar-refractivity contribution in [3.63, 3.8) is 0 Å². The van der Waals surface area contributed by atoms with Gasteiger partial charge in [-0.05, 0) is 18.6 Å². The van der Waals surface area contributed by atoms with Gasteiger partial charge >= 0.3 is 0 Å². The van der Waals surface area contributed by atoms with Gasteiger partial charge in [-0.25, -0.2) is 8.42 Å². The zero-order valence-electron chi connectivity index (χ0n) is 12.2. The van der Waals surface area contributed by atoms with E-state index < -0.39 is 9.05 Å². The van der Waals surface area contributed by atoms with Crippen LogP contribution < -0.4 is 9.47 Å². The molecular weight excluding hydrogens is 324 g/mol. The summed E-state index contributed by atoms with van der Waals surface area (Å²) in [5.41, 5.74) is 1.46. The van der Waals surface area contributed by atoms with Crippen LogP contribution in [0.5, 0.6) is 11.5 Å². The molecule has 4 nitrogen and oxygen atoms in total. The van der Waals surface area contributed by atoms with Crippen LogP contribution in [0.4, 0.5) is 0 Å². The highest BCUT2D eigenvalue weighted by Crippen LogP contribution is 2.33. The van der Waals surface area contributed by atoms with Crippen molar-refractivity contribution in [2.45, 2.75) is 19.3 Å². The first-order valence-electron chi connectivity index (χ1n) is 6.83. The number of halogens is 1. The first-order chi connectivity index (χ1) is 10.5. The molecule has 0 atom stereocenters. The van der Waals surface area contributed by atoms with E-state index in [1.54, 1.807) is 18.2 Å². The van der Waals surface area contributed by atoms with Crippen LogP contribution in [0.1, 0.15) is 18.1 Å². The fourth-order valence-electron chi connectivity index (χ4n) is 2.02. The van der Waals surface area contributed by atoms with E-state index in [0.29, 0.717) is 30.3 Å². The monoisotopic (exact) mass is 340 g/mol. The molecule has 2 aromatic carbocycles. The Balaban J connectivity index is 2.28. The van der Waals surface area contributed by atoms with Gasteiger partial charge in [0.1, 0.15) is 6.61 Å². The van der Waals surface area contributed by atoms with Crippen molar-refractivity contribution >= 4 is 19.7 Å². The Morgan fingerprint density at radius 1 is 1.00 bits per heavy atom. The molecule has 2 aromatic rings. The molecule has 0 aliphatic heterocycles. The minimum atomic E-state index is -3.68. The molecule has 118 valence electrons. The van der Waals surface area contributed by atoms with Crippen molar-refractivity contribution in [2.75, 3.05) is 6.61 Å². The molecule has 0 N–H and O–H groups in total. The van der Waals surface area contributed by atoms with E-state index in [4.69, 9.17) is 20.2 Å². The van der Waals surface area contributed by atoms with Crippen molar-refractivity contribution in [1.29, 1.82) is 0 Å². The molecule has 0 radical (unpaired) electrons. The van der Waals surface area contributed by atoms with Crippen LogP contribution in [0, 0.1) is 0 Å². The van der Waals surface area contributed by atoms with Crippen LogP contribution in [-0.2, 0) is 21.4 Å². The number of rotatable bonds is 7. The van der Waals surface area contributed by atoms with Gasteiger partial charge in [0.05, 0.1) is 12.4 Å². The molecule has 6 heteroatoms. The number of hydrogen-bond donors (Lipinski definition) is 0. The number of para-hydroxylation sites is 1. The lowest BCUT2D eigenvalue weighted by Crippen LogP contribution is -2.04. The summed E-state index contributed by atoms with van der Waals surface area (Å²) >= 11 is 0. The number of hydrogen-bond acceptors (Lipinski definition) is 4. The maximum absolute atomic E-state index is 11.4. The van der Waals surface area contributed by atoms with Crippen molar-refractivity contribution in [2.24, 2.45) is 0 Å². The molecule has 0 heterocycles. The van der Waals surface area contributed by atoms with Gasteiger partial charge in [0, 0.05) is 16.2 Å². The van der Waals surface area contributed by atoms with Gasteiger partial charge < -0.3 is 9.47 Å². The lowest BCUT2D eigenvalue weighted by Gasteiger charge is -2.15. The topological polar surface area (TPSA) is 52.6 Å². The molecule has 2 rings (SSSR count). The lowest BCUT2D eigenvalue weighted by molar-refractivity contribution is 0.267. The van der Waals surface area contributed by atoms with Crippen LogP contribution >= 0.6 is 10.7 Å². The molecule has 0 bridgehead atoms. The van der Waals surface area contributed by atoms with Gasteiger partial charge in [-0.3, -0.25) is 0 Å². The highest BCUT2D eigenvalue weighted by Gasteiger charge is 2.16. The van der Waals surface area contributed by atoms with Gasteiger partial charge in [0.2, 0.25) is 9.05 Å². The Bertz CT molecular complexity index is 714. The quantitative estimate of drug-likeness (QED) is 0.721. The molecule has 0 aliphatic rings. The summed E-state index contributed by atoms with van der Waals surface area (Å²) in [5.74, 6) is 0.619. The minimum absolute atomic E-state index is 0.306. The molecule has 0 spiro atoms. The summed E-state index contributed by atoms with van der Waals surface area (Å²) in [6, 6.07) is 14.7. The fourth-order valence-corrected chi connectivity index (χ4v) is 2.97. The van der Waals surface area contributed by atoms with E-state index >= 15 is 0 Å². The van der Waals surface area contributed by atoms with Crippen LogP contribution in [0.2, 0.25) is 0 Å². The van der Waals surface area contributed by atoms with E-state index in [-0.39, 0.29) is 5.75 Å². The van der Waals surface area contributed by atoms with Gasteiger partial charge in [0.25, 0.3) is 0 Å². The molecule has 0 amide bonds. The SMILES string of the molecule is CCOc1cccc(CS(=O)(=O)Cl)c1OCc1ccccc1. The molecule has 0 unspecified atom stereocenters. The van der Waals surface area contributed by atoms with E-state index in [1.807, 2.05) is 37.3 Å². The average Bonchev–Trinajstić information content (AvgIpc) is 2.46. The second-order valence-corrected chi connectivity index (χ2v) is 7.41. The first kappa shape index (κ1) is 16.6. The maximum Gasteiger partial charge on any atom is 0.236 e. The summed E-state index contributed by atoms with van der Waals surface area (Å²) in [6.07, 6.45) is 0. The molecule has 0 saturated carbocycles. The third-order valence-corrected chi connectivity index (χ3v) is 3.90. The second-order valence-electron chi connectivity index (χ2n) is 4.63. The van der Waals surface area contributed by atoms with Crippen LogP contribution in [-0.4, -0.2) is 15.0 Å². The zero-order valence-corrected chi connectivity index (χ0v) is 13.7. The predicted octanol–water partition coefficient (Wildman–Crippen LogP) is 3.73. The van der Waals surface area contributed by atoms with Crippen molar-refractivity contribution in [3.8, 4) is 11.5 Å². The normalized spacial score (nSPS) is 11.2. The summed E-state index contributed by atoms with van der Waals surface area (Å²) in [6.45, 7) is 2.63. The number of ether oxygens (including phenoxy) is 2. The van der Waals surface area contributed by atoms with E-state index in [2.05, 4.69) is 0 Å². The fraction of sp³-hybridized carbons (Fsp3) is 0.250. The van der Waals surface area contributed by atoms with E-state index in [0.717, 1.165) is 5.56 Å².